The van der Waals surface area contributed by atoms with Crippen molar-refractivity contribution in [3.05, 3.63) is 35.9 Å². The number of ketones is 1. The lowest BCUT2D eigenvalue weighted by atomic mass is 9.92. The molecule has 1 rings (SSSR count). The van der Waals surface area contributed by atoms with E-state index in [-0.39, 0.29) is 5.78 Å². The van der Waals surface area contributed by atoms with Gasteiger partial charge in [0, 0.05) is 5.56 Å². The monoisotopic (exact) mass is 312 g/mol. The smallest absolute Gasteiger partial charge is 0.330 e. The fourth-order valence-electron chi connectivity index (χ4n) is 1.71. The Bertz CT molecular complexity index is 416. The molecule has 98 valence electrons. The Morgan fingerprint density at radius 2 is 1.89 bits per heavy atom. The lowest BCUT2D eigenvalue weighted by molar-refractivity contribution is -0.142. The molecule has 0 N–H and O–H groups in total. The van der Waals surface area contributed by atoms with Crippen LogP contribution in [-0.4, -0.2) is 23.2 Å². The number of unbranched alkanes of at least 4 members (excludes halogenated alkanes) is 1. The molecule has 0 aromatic heterocycles. The van der Waals surface area contributed by atoms with Crippen LogP contribution in [0.5, 0.6) is 0 Å². The van der Waals surface area contributed by atoms with Gasteiger partial charge in [0.2, 0.25) is 0 Å². The molecule has 0 radical (unpaired) electrons. The number of rotatable bonds is 6. The number of benzene rings is 1. The van der Waals surface area contributed by atoms with E-state index in [0.717, 1.165) is 12.8 Å². The van der Waals surface area contributed by atoms with Crippen LogP contribution in [0.15, 0.2) is 30.3 Å². The first-order valence-electron chi connectivity index (χ1n) is 5.93. The SMILES string of the molecule is CCCCC(Br)(C(=O)OC)C(=O)c1ccccc1. The van der Waals surface area contributed by atoms with Crippen molar-refractivity contribution in [3.63, 3.8) is 0 Å². The van der Waals surface area contributed by atoms with E-state index in [4.69, 9.17) is 4.74 Å². The molecule has 0 heterocycles. The number of esters is 1. The molecule has 1 unspecified atom stereocenters. The lowest BCUT2D eigenvalue weighted by Gasteiger charge is -2.23. The predicted octanol–water partition coefficient (Wildman–Crippen LogP) is 3.37. The van der Waals surface area contributed by atoms with Crippen molar-refractivity contribution in [2.45, 2.75) is 30.5 Å². The average molecular weight is 313 g/mol. The minimum atomic E-state index is -1.26. The average Bonchev–Trinajstić information content (AvgIpc) is 2.43. The zero-order chi connectivity index (χ0) is 13.6. The summed E-state index contributed by atoms with van der Waals surface area (Å²) in [5.41, 5.74) is 0.510. The predicted molar refractivity (Wildman–Crippen MR) is 74.0 cm³/mol. The van der Waals surface area contributed by atoms with E-state index in [1.54, 1.807) is 24.3 Å². The number of alkyl halides is 1. The molecule has 0 saturated carbocycles. The maximum atomic E-state index is 12.4. The Kier molecular flexibility index (Phi) is 5.54. The fraction of sp³-hybridized carbons (Fsp3) is 0.429. The van der Waals surface area contributed by atoms with Gasteiger partial charge in [-0.2, -0.15) is 0 Å². The number of carbonyl (C=O) groups is 2. The second kappa shape index (κ2) is 6.69. The van der Waals surface area contributed by atoms with Crippen LogP contribution in [0.25, 0.3) is 0 Å². The Hall–Kier alpha value is -1.16. The molecule has 1 atom stereocenters. The molecular weight excluding hydrogens is 296 g/mol. The molecule has 4 heteroatoms. The summed E-state index contributed by atoms with van der Waals surface area (Å²) < 4.78 is 3.48. The molecule has 1 aromatic carbocycles. The zero-order valence-corrected chi connectivity index (χ0v) is 12.2. The summed E-state index contributed by atoms with van der Waals surface area (Å²) in [6.07, 6.45) is 2.12. The fourth-order valence-corrected chi connectivity index (χ4v) is 2.38. The summed E-state index contributed by atoms with van der Waals surface area (Å²) in [7, 11) is 1.29. The Balaban J connectivity index is 3.03. The van der Waals surface area contributed by atoms with E-state index in [1.165, 1.54) is 7.11 Å². The normalized spacial score (nSPS) is 13.7. The summed E-state index contributed by atoms with van der Waals surface area (Å²) >= 11 is 3.29. The van der Waals surface area contributed by atoms with Crippen LogP contribution >= 0.6 is 15.9 Å². The summed E-state index contributed by atoms with van der Waals surface area (Å²) in [6, 6.07) is 8.78. The van der Waals surface area contributed by atoms with E-state index >= 15 is 0 Å². The third-order valence-corrected chi connectivity index (χ3v) is 3.86. The number of methoxy groups -OCH3 is 1. The maximum Gasteiger partial charge on any atom is 0.330 e. The molecule has 1 aromatic rings. The van der Waals surface area contributed by atoms with E-state index in [0.29, 0.717) is 12.0 Å². The first-order chi connectivity index (χ1) is 8.56. The number of carbonyl (C=O) groups excluding carboxylic acids is 2. The summed E-state index contributed by atoms with van der Waals surface area (Å²) in [4.78, 5) is 24.3. The van der Waals surface area contributed by atoms with Gasteiger partial charge < -0.3 is 4.74 Å². The van der Waals surface area contributed by atoms with Gasteiger partial charge in [-0.25, -0.2) is 0 Å². The molecule has 0 fully saturated rings. The maximum absolute atomic E-state index is 12.4. The second-order valence-corrected chi connectivity index (χ2v) is 5.45. The van der Waals surface area contributed by atoms with Gasteiger partial charge in [0.15, 0.2) is 10.1 Å². The Morgan fingerprint density at radius 3 is 2.39 bits per heavy atom. The van der Waals surface area contributed by atoms with Crippen LogP contribution in [-0.2, 0) is 9.53 Å². The van der Waals surface area contributed by atoms with Crippen molar-refractivity contribution in [2.24, 2.45) is 0 Å². The van der Waals surface area contributed by atoms with Gasteiger partial charge in [-0.05, 0) is 6.42 Å². The molecule has 18 heavy (non-hydrogen) atoms. The van der Waals surface area contributed by atoms with Crippen LogP contribution in [0.1, 0.15) is 36.5 Å². The van der Waals surface area contributed by atoms with Crippen LogP contribution in [0.4, 0.5) is 0 Å². The Morgan fingerprint density at radius 1 is 1.28 bits per heavy atom. The van der Waals surface area contributed by atoms with Gasteiger partial charge in [-0.3, -0.25) is 9.59 Å². The number of ether oxygens (including phenoxy) is 1. The minimum Gasteiger partial charge on any atom is -0.468 e. The van der Waals surface area contributed by atoms with Crippen molar-refractivity contribution < 1.29 is 14.3 Å². The minimum absolute atomic E-state index is 0.247. The number of hydrogen-bond donors (Lipinski definition) is 0. The second-order valence-electron chi connectivity index (χ2n) is 4.09. The molecule has 0 aliphatic rings. The van der Waals surface area contributed by atoms with E-state index in [1.807, 2.05) is 13.0 Å². The zero-order valence-electron chi connectivity index (χ0n) is 10.6. The number of halogens is 1. The van der Waals surface area contributed by atoms with Gasteiger partial charge in [0.05, 0.1) is 7.11 Å². The summed E-state index contributed by atoms with van der Waals surface area (Å²) in [6.45, 7) is 2.01. The van der Waals surface area contributed by atoms with Gasteiger partial charge in [-0.1, -0.05) is 66.0 Å². The molecule has 3 nitrogen and oxygen atoms in total. The van der Waals surface area contributed by atoms with Crippen molar-refractivity contribution >= 4 is 27.7 Å². The summed E-state index contributed by atoms with van der Waals surface area (Å²) in [5, 5.41) is 0. The van der Waals surface area contributed by atoms with E-state index < -0.39 is 10.3 Å². The molecule has 0 amide bonds. The Labute approximate surface area is 116 Å². The van der Waals surface area contributed by atoms with Crippen molar-refractivity contribution in [1.29, 1.82) is 0 Å². The van der Waals surface area contributed by atoms with Crippen LogP contribution in [0.3, 0.4) is 0 Å². The topological polar surface area (TPSA) is 43.4 Å². The van der Waals surface area contributed by atoms with Crippen LogP contribution < -0.4 is 0 Å². The van der Waals surface area contributed by atoms with Crippen LogP contribution in [0, 0.1) is 0 Å². The molecule has 0 saturated heterocycles. The highest BCUT2D eigenvalue weighted by Gasteiger charge is 2.44. The standard InChI is InChI=1S/C14H17BrO3/c1-3-4-10-14(15,13(17)18-2)12(16)11-8-6-5-7-9-11/h5-9H,3-4,10H2,1-2H3. The number of hydrogen-bond acceptors (Lipinski definition) is 3. The van der Waals surface area contributed by atoms with Gasteiger partial charge in [-0.15, -0.1) is 0 Å². The molecule has 0 aliphatic carbocycles. The summed E-state index contributed by atoms with van der Waals surface area (Å²) in [5.74, 6) is -0.784. The number of Topliss-reactive ketones (excluding diaryl/α,β-unsaturated/α-hetero) is 1. The van der Waals surface area contributed by atoms with Gasteiger partial charge >= 0.3 is 5.97 Å². The van der Waals surface area contributed by atoms with E-state index in [2.05, 4.69) is 15.9 Å². The largest absolute Gasteiger partial charge is 0.468 e. The highest BCUT2D eigenvalue weighted by Crippen LogP contribution is 2.31. The van der Waals surface area contributed by atoms with Crippen molar-refractivity contribution in [2.75, 3.05) is 7.11 Å². The first-order valence-corrected chi connectivity index (χ1v) is 6.72. The van der Waals surface area contributed by atoms with Crippen LogP contribution in [0.2, 0.25) is 0 Å². The van der Waals surface area contributed by atoms with Gasteiger partial charge in [0.25, 0.3) is 0 Å². The lowest BCUT2D eigenvalue weighted by Crippen LogP contribution is -2.41. The third-order valence-electron chi connectivity index (χ3n) is 2.78. The molecule has 0 bridgehead atoms. The highest BCUT2D eigenvalue weighted by atomic mass is 79.9. The van der Waals surface area contributed by atoms with Crippen molar-refractivity contribution in [1.82, 2.24) is 0 Å². The van der Waals surface area contributed by atoms with E-state index in [9.17, 15) is 9.59 Å². The third kappa shape index (κ3) is 3.19. The quantitative estimate of drug-likeness (QED) is 0.350. The van der Waals surface area contributed by atoms with Gasteiger partial charge in [0.1, 0.15) is 0 Å². The molecule has 0 aliphatic heterocycles. The molecular formula is C14H17BrO3. The highest BCUT2D eigenvalue weighted by molar-refractivity contribution is 9.10. The van der Waals surface area contributed by atoms with Crippen molar-refractivity contribution in [3.8, 4) is 0 Å². The first kappa shape index (κ1) is 14.9. The molecule has 0 spiro atoms.